The summed E-state index contributed by atoms with van der Waals surface area (Å²) in [7, 11) is -4.00. The quantitative estimate of drug-likeness (QED) is 0.621. The summed E-state index contributed by atoms with van der Waals surface area (Å²) in [6.45, 7) is 1.85. The Bertz CT molecular complexity index is 361. The van der Waals surface area contributed by atoms with Crippen LogP contribution in [-0.2, 0) is 9.09 Å². The molecule has 0 fully saturated rings. The Morgan fingerprint density at radius 3 is 2.67 bits per heavy atom. The molecule has 0 saturated carbocycles. The molecule has 4 nitrogen and oxygen atoms in total. The molecule has 82 valence electrons. The maximum absolute atomic E-state index is 11.3. The molecule has 5 heteroatoms. The van der Waals surface area contributed by atoms with Crippen molar-refractivity contribution in [2.75, 3.05) is 6.61 Å². The van der Waals surface area contributed by atoms with Crippen LogP contribution >= 0.6 is 7.82 Å². The first-order valence-electron chi connectivity index (χ1n) is 4.47. The van der Waals surface area contributed by atoms with Crippen LogP contribution in [0.1, 0.15) is 6.92 Å². The lowest BCUT2D eigenvalue weighted by Gasteiger charge is -2.11. The van der Waals surface area contributed by atoms with Crippen LogP contribution in [-0.4, -0.2) is 11.5 Å². The smallest absolute Gasteiger partial charge is 0.404 e. The van der Waals surface area contributed by atoms with Gasteiger partial charge in [0.25, 0.3) is 0 Å². The van der Waals surface area contributed by atoms with Crippen molar-refractivity contribution in [2.45, 2.75) is 6.92 Å². The highest BCUT2D eigenvalue weighted by molar-refractivity contribution is 7.47. The van der Waals surface area contributed by atoms with Crippen molar-refractivity contribution in [1.29, 1.82) is 0 Å². The Balaban J connectivity index is 2.53. The lowest BCUT2D eigenvalue weighted by molar-refractivity contribution is 0.222. The van der Waals surface area contributed by atoms with E-state index in [0.717, 1.165) is 0 Å². The van der Waals surface area contributed by atoms with Gasteiger partial charge in [-0.05, 0) is 19.1 Å². The van der Waals surface area contributed by atoms with Gasteiger partial charge in [-0.1, -0.05) is 30.4 Å². The van der Waals surface area contributed by atoms with Crippen LogP contribution in [0.15, 0.2) is 42.5 Å². The molecule has 0 aliphatic heterocycles. The Labute approximate surface area is 88.8 Å². The van der Waals surface area contributed by atoms with Gasteiger partial charge >= 0.3 is 7.82 Å². The van der Waals surface area contributed by atoms with Gasteiger partial charge in [0.15, 0.2) is 0 Å². The molecule has 0 bridgehead atoms. The summed E-state index contributed by atoms with van der Waals surface area (Å²) in [6.07, 6.45) is 3.35. The van der Waals surface area contributed by atoms with Crippen molar-refractivity contribution < 1.29 is 18.5 Å². The molecule has 0 radical (unpaired) electrons. The average molecular weight is 228 g/mol. The Morgan fingerprint density at radius 2 is 2.07 bits per heavy atom. The minimum atomic E-state index is -4.00. The second-order valence-corrected chi connectivity index (χ2v) is 4.12. The third kappa shape index (κ3) is 4.79. The predicted molar refractivity (Wildman–Crippen MR) is 57.7 cm³/mol. The minimum Gasteiger partial charge on any atom is -0.404 e. The van der Waals surface area contributed by atoms with Crippen molar-refractivity contribution in [3.8, 4) is 5.75 Å². The van der Waals surface area contributed by atoms with E-state index in [1.807, 2.05) is 0 Å². The van der Waals surface area contributed by atoms with E-state index in [1.54, 1.807) is 49.4 Å². The summed E-state index contributed by atoms with van der Waals surface area (Å²) in [6, 6.07) is 8.38. The van der Waals surface area contributed by atoms with Crippen LogP contribution in [0, 0.1) is 0 Å². The standard InChI is InChI=1S/C10H13O4P/c1-2-3-9-13-15(11,12)14-10-7-5-4-6-8-10/h2-8H,9H2,1H3,(H,11,12). The molecule has 0 saturated heterocycles. The number of phosphoric ester groups is 1. The fourth-order valence-electron chi connectivity index (χ4n) is 0.874. The molecule has 1 rings (SSSR count). The molecule has 15 heavy (non-hydrogen) atoms. The molecule has 1 N–H and O–H groups in total. The van der Waals surface area contributed by atoms with E-state index >= 15 is 0 Å². The monoisotopic (exact) mass is 228 g/mol. The third-order valence-corrected chi connectivity index (χ3v) is 2.45. The van der Waals surface area contributed by atoms with Gasteiger partial charge in [-0.15, -0.1) is 0 Å². The highest BCUT2D eigenvalue weighted by Gasteiger charge is 2.21. The molecular weight excluding hydrogens is 215 g/mol. The van der Waals surface area contributed by atoms with Crippen molar-refractivity contribution >= 4 is 7.82 Å². The van der Waals surface area contributed by atoms with Crippen LogP contribution in [0.4, 0.5) is 0 Å². The Morgan fingerprint density at radius 1 is 1.40 bits per heavy atom. The van der Waals surface area contributed by atoms with Crippen molar-refractivity contribution in [2.24, 2.45) is 0 Å². The molecule has 0 amide bonds. The van der Waals surface area contributed by atoms with Crippen LogP contribution in [0.2, 0.25) is 0 Å². The molecule has 1 aromatic rings. The summed E-state index contributed by atoms with van der Waals surface area (Å²) in [4.78, 5) is 9.27. The number of benzene rings is 1. The van der Waals surface area contributed by atoms with Gasteiger partial charge < -0.3 is 4.52 Å². The summed E-state index contributed by atoms with van der Waals surface area (Å²) < 4.78 is 20.8. The fraction of sp³-hybridized carbons (Fsp3) is 0.200. The molecular formula is C10H13O4P. The lowest BCUT2D eigenvalue weighted by atomic mass is 10.3. The second kappa shape index (κ2) is 5.71. The van der Waals surface area contributed by atoms with Gasteiger partial charge in [-0.2, -0.15) is 0 Å². The largest absolute Gasteiger partial charge is 0.527 e. The normalized spacial score (nSPS) is 15.1. The van der Waals surface area contributed by atoms with Crippen LogP contribution in [0.3, 0.4) is 0 Å². The first-order valence-corrected chi connectivity index (χ1v) is 5.97. The van der Waals surface area contributed by atoms with Gasteiger partial charge in [-0.3, -0.25) is 9.42 Å². The molecule has 1 atom stereocenters. The summed E-state index contributed by atoms with van der Waals surface area (Å²) in [5.41, 5.74) is 0. The Kier molecular flexibility index (Phi) is 4.56. The molecule has 0 spiro atoms. The number of allylic oxidation sites excluding steroid dienone is 1. The van der Waals surface area contributed by atoms with Gasteiger partial charge in [0.2, 0.25) is 0 Å². The summed E-state index contributed by atoms with van der Waals surface area (Å²) >= 11 is 0. The van der Waals surface area contributed by atoms with E-state index in [9.17, 15) is 9.46 Å². The molecule has 0 aromatic heterocycles. The van der Waals surface area contributed by atoms with Crippen molar-refractivity contribution in [3.05, 3.63) is 42.5 Å². The van der Waals surface area contributed by atoms with Gasteiger partial charge in [0.05, 0.1) is 6.61 Å². The third-order valence-electron chi connectivity index (χ3n) is 1.53. The summed E-state index contributed by atoms with van der Waals surface area (Å²) in [5.74, 6) is 0.309. The average Bonchev–Trinajstić information content (AvgIpc) is 2.18. The van der Waals surface area contributed by atoms with Crippen molar-refractivity contribution in [3.63, 3.8) is 0 Å². The second-order valence-electron chi connectivity index (χ2n) is 2.74. The number of rotatable bonds is 5. The zero-order valence-electron chi connectivity index (χ0n) is 8.37. The van der Waals surface area contributed by atoms with E-state index in [-0.39, 0.29) is 6.61 Å². The maximum Gasteiger partial charge on any atom is 0.527 e. The zero-order chi connectivity index (χ0) is 11.1. The van der Waals surface area contributed by atoms with E-state index in [4.69, 9.17) is 4.52 Å². The minimum absolute atomic E-state index is 0.0527. The topological polar surface area (TPSA) is 55.8 Å². The highest BCUT2D eigenvalue weighted by atomic mass is 31.2. The van der Waals surface area contributed by atoms with E-state index in [2.05, 4.69) is 4.52 Å². The fourth-order valence-corrected chi connectivity index (χ4v) is 1.59. The van der Waals surface area contributed by atoms with E-state index < -0.39 is 7.82 Å². The molecule has 1 unspecified atom stereocenters. The zero-order valence-corrected chi connectivity index (χ0v) is 9.26. The molecule has 0 aliphatic rings. The number of para-hydroxylation sites is 1. The van der Waals surface area contributed by atoms with E-state index in [1.165, 1.54) is 0 Å². The number of hydrogen-bond donors (Lipinski definition) is 1. The number of phosphoric acid groups is 1. The lowest BCUT2D eigenvalue weighted by Crippen LogP contribution is -1.97. The highest BCUT2D eigenvalue weighted by Crippen LogP contribution is 2.43. The van der Waals surface area contributed by atoms with Gasteiger partial charge in [0, 0.05) is 0 Å². The number of hydrogen-bond acceptors (Lipinski definition) is 3. The first kappa shape index (κ1) is 12.0. The molecule has 1 aromatic carbocycles. The summed E-state index contributed by atoms with van der Waals surface area (Å²) in [5, 5.41) is 0. The van der Waals surface area contributed by atoms with E-state index in [0.29, 0.717) is 5.75 Å². The maximum atomic E-state index is 11.3. The van der Waals surface area contributed by atoms with Gasteiger partial charge in [0.1, 0.15) is 5.75 Å². The van der Waals surface area contributed by atoms with Crippen LogP contribution < -0.4 is 4.52 Å². The predicted octanol–water partition coefficient (Wildman–Crippen LogP) is 2.76. The van der Waals surface area contributed by atoms with Crippen LogP contribution in [0.5, 0.6) is 5.75 Å². The molecule has 0 aliphatic carbocycles. The Hall–Kier alpha value is -1.09. The van der Waals surface area contributed by atoms with Gasteiger partial charge in [-0.25, -0.2) is 4.57 Å². The van der Waals surface area contributed by atoms with Crippen molar-refractivity contribution in [1.82, 2.24) is 0 Å². The SMILES string of the molecule is CC=CCOP(=O)(O)Oc1ccccc1. The first-order chi connectivity index (χ1) is 7.14. The molecule has 0 heterocycles. The van der Waals surface area contributed by atoms with Crippen LogP contribution in [0.25, 0.3) is 0 Å².